The van der Waals surface area contributed by atoms with Gasteiger partial charge in [-0.3, -0.25) is 9.69 Å². The molecule has 3 rings (SSSR count). The molecule has 0 spiro atoms. The van der Waals surface area contributed by atoms with Crippen LogP contribution in [-0.4, -0.2) is 36.5 Å². The van der Waals surface area contributed by atoms with Crippen molar-refractivity contribution in [3.8, 4) is 0 Å². The van der Waals surface area contributed by atoms with Gasteiger partial charge in [0.15, 0.2) is 0 Å². The minimum atomic E-state index is -0.777. The molecule has 0 radical (unpaired) electrons. The zero-order chi connectivity index (χ0) is 17.9. The molecule has 1 atom stereocenters. The highest BCUT2D eigenvalue weighted by Gasteiger charge is 2.44. The number of nitrogens with one attached hydrogen (secondary N) is 2. The number of likely N-dealkylation sites (N-methyl/N-ethyl adjacent to an activating group) is 1. The van der Waals surface area contributed by atoms with E-state index >= 15 is 0 Å². The summed E-state index contributed by atoms with van der Waals surface area (Å²) in [5.74, 6) is -0.420. The third-order valence-corrected chi connectivity index (χ3v) is 4.75. The van der Waals surface area contributed by atoms with Crippen LogP contribution in [0.1, 0.15) is 12.0 Å². The summed E-state index contributed by atoms with van der Waals surface area (Å²) < 4.78 is 13.5. The summed E-state index contributed by atoms with van der Waals surface area (Å²) in [5, 5.41) is 6.69. The second-order valence-corrected chi connectivity index (χ2v) is 6.82. The van der Waals surface area contributed by atoms with Crippen molar-refractivity contribution in [1.29, 1.82) is 0 Å². The van der Waals surface area contributed by atoms with Crippen LogP contribution >= 0.6 is 11.6 Å². The first-order valence-electron chi connectivity index (χ1n) is 8.23. The van der Waals surface area contributed by atoms with E-state index in [1.165, 1.54) is 12.1 Å². The van der Waals surface area contributed by atoms with E-state index in [0.717, 1.165) is 12.1 Å². The van der Waals surface area contributed by atoms with Crippen LogP contribution < -0.4 is 10.6 Å². The molecule has 132 valence electrons. The maximum Gasteiger partial charge on any atom is 0.246 e. The molecule has 2 N–H and O–H groups in total. The molecule has 25 heavy (non-hydrogen) atoms. The molecule has 1 aliphatic rings. The van der Waals surface area contributed by atoms with Crippen molar-refractivity contribution >= 4 is 23.2 Å². The standard InChI is InChI=1S/C19H21ClFN3O/c1-22-18(25)19(23-17-7-3-6-16(21)11-17)8-9-24(13-19)12-14-4-2-5-15(20)10-14/h2-7,10-11,23H,8-9,12-13H2,1H3,(H,22,25). The zero-order valence-electron chi connectivity index (χ0n) is 14.1. The summed E-state index contributed by atoms with van der Waals surface area (Å²) in [4.78, 5) is 14.8. The summed E-state index contributed by atoms with van der Waals surface area (Å²) >= 11 is 6.05. The summed E-state index contributed by atoms with van der Waals surface area (Å²) in [6.07, 6.45) is 0.643. The highest BCUT2D eigenvalue weighted by atomic mass is 35.5. The lowest BCUT2D eigenvalue weighted by Crippen LogP contribution is -2.53. The Labute approximate surface area is 152 Å². The summed E-state index contributed by atoms with van der Waals surface area (Å²) in [5.41, 5.74) is 0.931. The van der Waals surface area contributed by atoms with Crippen LogP contribution in [0.15, 0.2) is 48.5 Å². The molecule has 1 fully saturated rings. The molecule has 0 aromatic heterocycles. The van der Waals surface area contributed by atoms with Gasteiger partial charge in [-0.15, -0.1) is 0 Å². The van der Waals surface area contributed by atoms with E-state index in [0.29, 0.717) is 30.2 Å². The van der Waals surface area contributed by atoms with Crippen molar-refractivity contribution in [1.82, 2.24) is 10.2 Å². The van der Waals surface area contributed by atoms with Crippen molar-refractivity contribution in [3.05, 3.63) is 64.9 Å². The average Bonchev–Trinajstić information content (AvgIpc) is 2.98. The molecule has 0 saturated carbocycles. The number of amides is 1. The van der Waals surface area contributed by atoms with Crippen LogP contribution in [0.3, 0.4) is 0 Å². The van der Waals surface area contributed by atoms with Gasteiger partial charge >= 0.3 is 0 Å². The van der Waals surface area contributed by atoms with Gasteiger partial charge in [0.2, 0.25) is 5.91 Å². The molecule has 4 nitrogen and oxygen atoms in total. The van der Waals surface area contributed by atoms with Crippen molar-refractivity contribution in [2.75, 3.05) is 25.5 Å². The average molecular weight is 362 g/mol. The quantitative estimate of drug-likeness (QED) is 0.859. The molecular formula is C19H21ClFN3O. The van der Waals surface area contributed by atoms with E-state index in [4.69, 9.17) is 11.6 Å². The normalized spacial score (nSPS) is 20.4. The molecule has 1 amide bonds. The molecule has 6 heteroatoms. The minimum absolute atomic E-state index is 0.0923. The van der Waals surface area contributed by atoms with Gasteiger partial charge in [0.25, 0.3) is 0 Å². The van der Waals surface area contributed by atoms with E-state index in [1.54, 1.807) is 19.2 Å². The summed E-state index contributed by atoms with van der Waals surface area (Å²) in [6, 6.07) is 13.9. The molecule has 2 aromatic carbocycles. The first-order chi connectivity index (χ1) is 12.0. The largest absolute Gasteiger partial charge is 0.370 e. The lowest BCUT2D eigenvalue weighted by molar-refractivity contribution is -0.124. The molecule has 1 unspecified atom stereocenters. The highest BCUT2D eigenvalue weighted by Crippen LogP contribution is 2.28. The van der Waals surface area contributed by atoms with E-state index in [9.17, 15) is 9.18 Å². The van der Waals surface area contributed by atoms with Gasteiger partial charge in [0, 0.05) is 37.4 Å². The number of nitrogens with zero attached hydrogens (tertiary/aromatic N) is 1. The highest BCUT2D eigenvalue weighted by molar-refractivity contribution is 6.30. The summed E-state index contributed by atoms with van der Waals surface area (Å²) in [7, 11) is 1.62. The number of likely N-dealkylation sites (tertiary alicyclic amines) is 1. The monoisotopic (exact) mass is 361 g/mol. The topological polar surface area (TPSA) is 44.4 Å². The Hall–Kier alpha value is -2.11. The number of hydrogen-bond acceptors (Lipinski definition) is 3. The lowest BCUT2D eigenvalue weighted by atomic mass is 9.96. The first-order valence-corrected chi connectivity index (χ1v) is 8.61. The zero-order valence-corrected chi connectivity index (χ0v) is 14.8. The number of rotatable bonds is 5. The van der Waals surface area contributed by atoms with Gasteiger partial charge in [-0.1, -0.05) is 29.8 Å². The van der Waals surface area contributed by atoms with Gasteiger partial charge in [0.1, 0.15) is 11.4 Å². The molecule has 0 bridgehead atoms. The Morgan fingerprint density at radius 1 is 1.28 bits per heavy atom. The Morgan fingerprint density at radius 3 is 2.80 bits per heavy atom. The van der Waals surface area contributed by atoms with Gasteiger partial charge in [-0.25, -0.2) is 4.39 Å². The number of halogens is 2. The number of anilines is 1. The number of carbonyl (C=O) groups is 1. The van der Waals surface area contributed by atoms with Crippen LogP contribution in [0.5, 0.6) is 0 Å². The number of benzene rings is 2. The third kappa shape index (κ3) is 4.11. The third-order valence-electron chi connectivity index (χ3n) is 4.51. The second kappa shape index (κ2) is 7.42. The maximum absolute atomic E-state index is 13.5. The molecule has 1 heterocycles. The number of carbonyl (C=O) groups excluding carboxylic acids is 1. The van der Waals surface area contributed by atoms with Crippen molar-refractivity contribution < 1.29 is 9.18 Å². The van der Waals surface area contributed by atoms with Crippen molar-refractivity contribution in [2.24, 2.45) is 0 Å². The molecule has 0 aliphatic carbocycles. The van der Waals surface area contributed by atoms with E-state index in [2.05, 4.69) is 15.5 Å². The van der Waals surface area contributed by atoms with Gasteiger partial charge < -0.3 is 10.6 Å². The Kier molecular flexibility index (Phi) is 5.25. The SMILES string of the molecule is CNC(=O)C1(Nc2cccc(F)c2)CCN(Cc2cccc(Cl)c2)C1. The number of hydrogen-bond donors (Lipinski definition) is 2. The van der Waals surface area contributed by atoms with Crippen LogP contribution in [0, 0.1) is 5.82 Å². The van der Waals surface area contributed by atoms with Gasteiger partial charge in [0.05, 0.1) is 0 Å². The first kappa shape index (κ1) is 17.7. The van der Waals surface area contributed by atoms with E-state index in [1.807, 2.05) is 24.3 Å². The Balaban J connectivity index is 1.77. The van der Waals surface area contributed by atoms with E-state index < -0.39 is 5.54 Å². The lowest BCUT2D eigenvalue weighted by Gasteiger charge is -2.30. The molecule has 1 saturated heterocycles. The van der Waals surface area contributed by atoms with Gasteiger partial charge in [-0.05, 0) is 42.3 Å². The fourth-order valence-electron chi connectivity index (χ4n) is 3.34. The summed E-state index contributed by atoms with van der Waals surface area (Å²) in [6.45, 7) is 2.02. The minimum Gasteiger partial charge on any atom is -0.370 e. The fraction of sp³-hybridized carbons (Fsp3) is 0.316. The molecule has 2 aromatic rings. The van der Waals surface area contributed by atoms with E-state index in [-0.39, 0.29) is 11.7 Å². The predicted molar refractivity (Wildman–Crippen MR) is 98.2 cm³/mol. The maximum atomic E-state index is 13.5. The Bertz CT molecular complexity index is 770. The Morgan fingerprint density at radius 2 is 2.08 bits per heavy atom. The van der Waals surface area contributed by atoms with Crippen molar-refractivity contribution in [3.63, 3.8) is 0 Å². The molecular weight excluding hydrogens is 341 g/mol. The van der Waals surface area contributed by atoms with Gasteiger partial charge in [-0.2, -0.15) is 0 Å². The van der Waals surface area contributed by atoms with Crippen LogP contribution in [-0.2, 0) is 11.3 Å². The van der Waals surface area contributed by atoms with Crippen LogP contribution in [0.2, 0.25) is 5.02 Å². The van der Waals surface area contributed by atoms with Crippen molar-refractivity contribution in [2.45, 2.75) is 18.5 Å². The molecule has 1 aliphatic heterocycles. The fourth-order valence-corrected chi connectivity index (χ4v) is 3.56. The van der Waals surface area contributed by atoms with Crippen LogP contribution in [0.4, 0.5) is 10.1 Å². The smallest absolute Gasteiger partial charge is 0.246 e. The predicted octanol–water partition coefficient (Wildman–Crippen LogP) is 3.28. The van der Waals surface area contributed by atoms with Crippen LogP contribution in [0.25, 0.3) is 0 Å². The second-order valence-electron chi connectivity index (χ2n) is 6.39.